The van der Waals surface area contributed by atoms with Crippen LogP contribution in [-0.2, 0) is 0 Å². The lowest BCUT2D eigenvalue weighted by Gasteiger charge is -2.27. The summed E-state index contributed by atoms with van der Waals surface area (Å²) in [6.45, 7) is 0. The molecule has 0 N–H and O–H groups in total. The molecule has 0 heterocycles. The Kier molecular flexibility index (Phi) is 5.69. The topological polar surface area (TPSA) is 15.7 Å². The van der Waals surface area contributed by atoms with Gasteiger partial charge in [-0.1, -0.05) is 54.6 Å². The third-order valence-corrected chi connectivity index (χ3v) is 5.98. The van der Waals surface area contributed by atoms with E-state index in [1.54, 1.807) is 7.11 Å². The SMILES string of the molecule is COc1ccc(N(C)c2ccc(N(c3ccccc3)c3cccc4ccccc34)cc2)cc1. The molecule has 0 aliphatic rings. The first-order valence-corrected chi connectivity index (χ1v) is 11.1. The highest BCUT2D eigenvalue weighted by Gasteiger charge is 2.15. The van der Waals surface area contributed by atoms with Crippen molar-refractivity contribution >= 4 is 39.2 Å². The zero-order valence-corrected chi connectivity index (χ0v) is 18.8. The largest absolute Gasteiger partial charge is 0.497 e. The molecule has 0 atom stereocenters. The van der Waals surface area contributed by atoms with E-state index in [9.17, 15) is 0 Å². The van der Waals surface area contributed by atoms with E-state index in [4.69, 9.17) is 4.74 Å². The number of methoxy groups -OCH3 is 1. The van der Waals surface area contributed by atoms with Crippen molar-refractivity contribution in [3.63, 3.8) is 0 Å². The average molecular weight is 431 g/mol. The molecular weight excluding hydrogens is 404 g/mol. The van der Waals surface area contributed by atoms with Crippen LogP contribution < -0.4 is 14.5 Å². The van der Waals surface area contributed by atoms with Crippen LogP contribution in [0.25, 0.3) is 10.8 Å². The minimum atomic E-state index is 0.857. The second-order valence-electron chi connectivity index (χ2n) is 7.94. The van der Waals surface area contributed by atoms with E-state index in [0.717, 1.165) is 34.2 Å². The van der Waals surface area contributed by atoms with Gasteiger partial charge in [-0.15, -0.1) is 0 Å². The summed E-state index contributed by atoms with van der Waals surface area (Å²) in [5.74, 6) is 0.857. The molecule has 0 aliphatic carbocycles. The van der Waals surface area contributed by atoms with Crippen molar-refractivity contribution in [2.24, 2.45) is 0 Å². The van der Waals surface area contributed by atoms with E-state index in [0.29, 0.717) is 0 Å². The predicted octanol–water partition coefficient (Wildman–Crippen LogP) is 8.09. The molecule has 0 radical (unpaired) electrons. The number of rotatable bonds is 6. The van der Waals surface area contributed by atoms with E-state index < -0.39 is 0 Å². The molecule has 3 nitrogen and oxygen atoms in total. The van der Waals surface area contributed by atoms with Crippen LogP contribution in [0.2, 0.25) is 0 Å². The van der Waals surface area contributed by atoms with Gasteiger partial charge in [0.1, 0.15) is 5.75 Å². The normalized spacial score (nSPS) is 10.7. The third kappa shape index (κ3) is 4.13. The van der Waals surface area contributed by atoms with Gasteiger partial charge in [0.2, 0.25) is 0 Å². The number of para-hydroxylation sites is 1. The quantitative estimate of drug-likeness (QED) is 0.271. The standard InChI is InChI=1S/C30H26N2O/c1-31(25-19-21-28(33-2)22-20-25)24-15-17-27(18-16-24)32(26-11-4-3-5-12-26)30-14-8-10-23-9-6-7-13-29(23)30/h3-22H,1-2H3. The number of benzene rings is 5. The molecule has 5 aromatic carbocycles. The van der Waals surface area contributed by atoms with Gasteiger partial charge in [0.15, 0.2) is 0 Å². The number of ether oxygens (including phenoxy) is 1. The zero-order valence-electron chi connectivity index (χ0n) is 18.8. The molecule has 162 valence electrons. The van der Waals surface area contributed by atoms with Crippen LogP contribution in [0.3, 0.4) is 0 Å². The maximum absolute atomic E-state index is 5.29. The van der Waals surface area contributed by atoms with Gasteiger partial charge in [-0.3, -0.25) is 0 Å². The van der Waals surface area contributed by atoms with E-state index in [1.165, 1.54) is 10.8 Å². The fourth-order valence-electron chi connectivity index (χ4n) is 4.19. The Morgan fingerprint density at radius 3 is 1.76 bits per heavy atom. The van der Waals surface area contributed by atoms with Crippen molar-refractivity contribution < 1.29 is 4.74 Å². The minimum Gasteiger partial charge on any atom is -0.497 e. The van der Waals surface area contributed by atoms with Gasteiger partial charge < -0.3 is 14.5 Å². The van der Waals surface area contributed by atoms with Crippen molar-refractivity contribution in [3.8, 4) is 5.75 Å². The highest BCUT2D eigenvalue weighted by Crippen LogP contribution is 2.39. The second-order valence-corrected chi connectivity index (χ2v) is 7.94. The number of nitrogens with zero attached hydrogens (tertiary/aromatic N) is 2. The molecular formula is C30H26N2O. The number of hydrogen-bond donors (Lipinski definition) is 0. The summed E-state index contributed by atoms with van der Waals surface area (Å²) in [6, 6.07) is 42.3. The molecule has 0 bridgehead atoms. The highest BCUT2D eigenvalue weighted by atomic mass is 16.5. The van der Waals surface area contributed by atoms with E-state index >= 15 is 0 Å². The fraction of sp³-hybridized carbons (Fsp3) is 0.0667. The molecule has 0 fully saturated rings. The molecule has 0 amide bonds. The van der Waals surface area contributed by atoms with Crippen LogP contribution >= 0.6 is 0 Å². The summed E-state index contributed by atoms with van der Waals surface area (Å²) >= 11 is 0. The molecule has 0 unspecified atom stereocenters. The minimum absolute atomic E-state index is 0.857. The Bertz CT molecular complexity index is 1340. The maximum Gasteiger partial charge on any atom is 0.119 e. The molecule has 5 rings (SSSR count). The molecule has 0 aromatic heterocycles. The van der Waals surface area contributed by atoms with E-state index in [2.05, 4.69) is 126 Å². The zero-order chi connectivity index (χ0) is 22.6. The van der Waals surface area contributed by atoms with Crippen molar-refractivity contribution in [2.75, 3.05) is 24.0 Å². The number of anilines is 5. The van der Waals surface area contributed by atoms with Gasteiger partial charge in [-0.25, -0.2) is 0 Å². The first-order valence-electron chi connectivity index (χ1n) is 11.1. The average Bonchev–Trinajstić information content (AvgIpc) is 2.90. The van der Waals surface area contributed by atoms with Gasteiger partial charge in [0.05, 0.1) is 12.8 Å². The molecule has 0 aliphatic heterocycles. The summed E-state index contributed by atoms with van der Waals surface area (Å²) in [5.41, 5.74) is 5.64. The lowest BCUT2D eigenvalue weighted by atomic mass is 10.1. The molecule has 3 heteroatoms. The first kappa shape index (κ1) is 20.7. The molecule has 0 saturated carbocycles. The first-order chi connectivity index (χ1) is 16.2. The van der Waals surface area contributed by atoms with E-state index in [1.807, 2.05) is 12.1 Å². The summed E-state index contributed by atoms with van der Waals surface area (Å²) in [4.78, 5) is 4.49. The van der Waals surface area contributed by atoms with Gasteiger partial charge in [-0.2, -0.15) is 0 Å². The Morgan fingerprint density at radius 1 is 0.515 bits per heavy atom. The predicted molar refractivity (Wildman–Crippen MR) is 140 cm³/mol. The van der Waals surface area contributed by atoms with Crippen LogP contribution in [0.4, 0.5) is 28.4 Å². The van der Waals surface area contributed by atoms with Crippen molar-refractivity contribution in [1.29, 1.82) is 0 Å². The summed E-state index contributed by atoms with van der Waals surface area (Å²) in [7, 11) is 3.77. The van der Waals surface area contributed by atoms with Crippen LogP contribution in [0.5, 0.6) is 5.75 Å². The second kappa shape index (κ2) is 9.09. The fourth-order valence-corrected chi connectivity index (χ4v) is 4.19. The van der Waals surface area contributed by atoms with Crippen LogP contribution in [0.15, 0.2) is 121 Å². The van der Waals surface area contributed by atoms with Crippen LogP contribution in [0, 0.1) is 0 Å². The summed E-state index contributed by atoms with van der Waals surface area (Å²) in [5, 5.41) is 2.45. The smallest absolute Gasteiger partial charge is 0.119 e. The molecule has 5 aromatic rings. The monoisotopic (exact) mass is 430 g/mol. The molecule has 0 saturated heterocycles. The van der Waals surface area contributed by atoms with Crippen molar-refractivity contribution in [3.05, 3.63) is 121 Å². The van der Waals surface area contributed by atoms with Gasteiger partial charge in [0, 0.05) is 35.2 Å². The Labute approximate surface area is 195 Å². The Balaban J connectivity index is 1.55. The van der Waals surface area contributed by atoms with Crippen molar-refractivity contribution in [1.82, 2.24) is 0 Å². The van der Waals surface area contributed by atoms with Crippen molar-refractivity contribution in [2.45, 2.75) is 0 Å². The highest BCUT2D eigenvalue weighted by molar-refractivity contribution is 5.98. The van der Waals surface area contributed by atoms with Crippen LogP contribution in [0.1, 0.15) is 0 Å². The summed E-state index contributed by atoms with van der Waals surface area (Å²) in [6.07, 6.45) is 0. The van der Waals surface area contributed by atoms with Gasteiger partial charge >= 0.3 is 0 Å². The van der Waals surface area contributed by atoms with Gasteiger partial charge in [-0.05, 0) is 72.1 Å². The van der Waals surface area contributed by atoms with Gasteiger partial charge in [0.25, 0.3) is 0 Å². The molecule has 0 spiro atoms. The number of fused-ring (bicyclic) bond motifs is 1. The lowest BCUT2D eigenvalue weighted by molar-refractivity contribution is 0.415. The number of hydrogen-bond acceptors (Lipinski definition) is 3. The maximum atomic E-state index is 5.29. The Hall–Kier alpha value is -4.24. The Morgan fingerprint density at radius 2 is 1.06 bits per heavy atom. The van der Waals surface area contributed by atoms with E-state index in [-0.39, 0.29) is 0 Å². The summed E-state index contributed by atoms with van der Waals surface area (Å²) < 4.78 is 5.29. The lowest BCUT2D eigenvalue weighted by Crippen LogP contribution is -2.12. The molecule has 33 heavy (non-hydrogen) atoms. The van der Waals surface area contributed by atoms with Crippen LogP contribution in [-0.4, -0.2) is 14.2 Å². The third-order valence-electron chi connectivity index (χ3n) is 5.98.